The first-order valence-electron chi connectivity index (χ1n) is 5.49. The average molecular weight is 239 g/mol. The number of carbonyl (C=O) groups is 2. The van der Waals surface area contributed by atoms with Gasteiger partial charge in [-0.25, -0.2) is 4.79 Å². The molecule has 17 heavy (non-hydrogen) atoms. The van der Waals surface area contributed by atoms with E-state index in [2.05, 4.69) is 15.5 Å². The first-order chi connectivity index (χ1) is 7.99. The molecule has 1 aromatic heterocycles. The topological polar surface area (TPSA) is 95.1 Å². The molecule has 1 aromatic rings. The summed E-state index contributed by atoms with van der Waals surface area (Å²) in [6.07, 6.45) is 2.08. The van der Waals surface area contributed by atoms with Gasteiger partial charge in [-0.3, -0.25) is 9.89 Å². The molecular weight excluding hydrogens is 222 g/mol. The van der Waals surface area contributed by atoms with E-state index in [1.807, 2.05) is 13.8 Å². The van der Waals surface area contributed by atoms with Gasteiger partial charge in [-0.2, -0.15) is 5.10 Å². The molecule has 6 nitrogen and oxygen atoms in total. The summed E-state index contributed by atoms with van der Waals surface area (Å²) in [6, 6.07) is 0.850. The second-order valence-electron chi connectivity index (χ2n) is 4.35. The lowest BCUT2D eigenvalue weighted by atomic mass is 10.0. The Morgan fingerprint density at radius 1 is 1.53 bits per heavy atom. The van der Waals surface area contributed by atoms with Gasteiger partial charge in [0.1, 0.15) is 6.04 Å². The van der Waals surface area contributed by atoms with Gasteiger partial charge in [0.2, 0.25) is 5.91 Å². The lowest BCUT2D eigenvalue weighted by molar-refractivity contribution is -0.142. The highest BCUT2D eigenvalue weighted by Crippen LogP contribution is 2.05. The maximum atomic E-state index is 11.6. The fourth-order valence-corrected chi connectivity index (χ4v) is 1.49. The Balaban J connectivity index is 2.49. The fraction of sp³-hybridized carbons (Fsp3) is 0.545. The van der Waals surface area contributed by atoms with Crippen molar-refractivity contribution in [3.63, 3.8) is 0 Å². The largest absolute Gasteiger partial charge is 0.480 e. The minimum atomic E-state index is -1.00. The lowest BCUT2D eigenvalue weighted by Gasteiger charge is -2.16. The van der Waals surface area contributed by atoms with E-state index < -0.39 is 12.0 Å². The minimum absolute atomic E-state index is 0.113. The second-order valence-corrected chi connectivity index (χ2v) is 4.35. The molecule has 94 valence electrons. The third-order valence-electron chi connectivity index (χ3n) is 2.25. The Kier molecular flexibility index (Phi) is 4.68. The number of amides is 1. The normalized spacial score (nSPS) is 12.4. The van der Waals surface area contributed by atoms with Crippen LogP contribution >= 0.6 is 0 Å². The summed E-state index contributed by atoms with van der Waals surface area (Å²) in [7, 11) is 0. The summed E-state index contributed by atoms with van der Waals surface area (Å²) in [6.45, 7) is 3.83. The molecule has 1 heterocycles. The van der Waals surface area contributed by atoms with Gasteiger partial charge < -0.3 is 10.4 Å². The molecule has 0 bridgehead atoms. The Bertz CT molecular complexity index is 373. The van der Waals surface area contributed by atoms with E-state index in [-0.39, 0.29) is 18.2 Å². The highest BCUT2D eigenvalue weighted by molar-refractivity contribution is 5.84. The van der Waals surface area contributed by atoms with Crippen molar-refractivity contribution in [2.45, 2.75) is 32.7 Å². The van der Waals surface area contributed by atoms with Crippen molar-refractivity contribution in [2.24, 2.45) is 5.92 Å². The summed E-state index contributed by atoms with van der Waals surface area (Å²) in [4.78, 5) is 22.5. The number of carbonyl (C=O) groups excluding carboxylic acids is 1. The van der Waals surface area contributed by atoms with Gasteiger partial charge >= 0.3 is 5.97 Å². The molecule has 1 atom stereocenters. The van der Waals surface area contributed by atoms with E-state index in [9.17, 15) is 9.59 Å². The molecule has 1 unspecified atom stereocenters. The number of hydrogen-bond donors (Lipinski definition) is 3. The molecule has 0 aliphatic rings. The summed E-state index contributed by atoms with van der Waals surface area (Å²) < 4.78 is 0. The maximum Gasteiger partial charge on any atom is 0.326 e. The van der Waals surface area contributed by atoms with Gasteiger partial charge in [0.25, 0.3) is 0 Å². The first-order valence-corrected chi connectivity index (χ1v) is 5.49. The molecule has 0 spiro atoms. The van der Waals surface area contributed by atoms with E-state index in [1.54, 1.807) is 12.3 Å². The molecule has 0 saturated carbocycles. The number of hydrogen-bond acceptors (Lipinski definition) is 3. The average Bonchev–Trinajstić information content (AvgIpc) is 2.68. The van der Waals surface area contributed by atoms with Crippen LogP contribution in [0.2, 0.25) is 0 Å². The molecule has 0 aliphatic carbocycles. The van der Waals surface area contributed by atoms with Crippen molar-refractivity contribution in [2.75, 3.05) is 0 Å². The molecule has 1 rings (SSSR count). The van der Waals surface area contributed by atoms with Crippen molar-refractivity contribution in [1.82, 2.24) is 15.5 Å². The van der Waals surface area contributed by atoms with Crippen molar-refractivity contribution >= 4 is 11.9 Å². The molecule has 0 aromatic carbocycles. The number of H-pyrrole nitrogens is 1. The van der Waals surface area contributed by atoms with Crippen LogP contribution in [0.3, 0.4) is 0 Å². The van der Waals surface area contributed by atoms with Gasteiger partial charge in [-0.15, -0.1) is 0 Å². The number of aliphatic carboxylic acids is 1. The van der Waals surface area contributed by atoms with Crippen molar-refractivity contribution < 1.29 is 14.7 Å². The quantitative estimate of drug-likeness (QED) is 0.676. The number of aromatic nitrogens is 2. The van der Waals surface area contributed by atoms with Gasteiger partial charge in [0.05, 0.1) is 6.42 Å². The van der Waals surface area contributed by atoms with Crippen LogP contribution in [-0.2, 0) is 16.0 Å². The standard InChI is InChI=1S/C11H17N3O3/c1-7(2)5-9(11(16)17)13-10(15)6-8-3-4-12-14-8/h3-4,7,9H,5-6H2,1-2H3,(H,12,14)(H,13,15)(H,16,17). The molecular formula is C11H17N3O3. The zero-order valence-corrected chi connectivity index (χ0v) is 9.93. The molecule has 1 amide bonds. The summed E-state index contributed by atoms with van der Waals surface area (Å²) in [5, 5.41) is 17.8. The van der Waals surface area contributed by atoms with Crippen molar-refractivity contribution in [3.8, 4) is 0 Å². The predicted octanol–water partition coefficient (Wildman–Crippen LogP) is 0.568. The van der Waals surface area contributed by atoms with E-state index in [0.717, 1.165) is 0 Å². The molecule has 0 saturated heterocycles. The zero-order chi connectivity index (χ0) is 12.8. The van der Waals surface area contributed by atoms with Crippen LogP contribution in [0.4, 0.5) is 0 Å². The number of carboxylic acid groups (broad SMARTS) is 1. The molecule has 0 fully saturated rings. The Labute approximate surface area is 99.4 Å². The monoisotopic (exact) mass is 239 g/mol. The Hall–Kier alpha value is -1.85. The minimum Gasteiger partial charge on any atom is -0.480 e. The molecule has 3 N–H and O–H groups in total. The molecule has 6 heteroatoms. The Morgan fingerprint density at radius 3 is 2.71 bits per heavy atom. The van der Waals surface area contributed by atoms with Crippen LogP contribution in [0.1, 0.15) is 26.0 Å². The van der Waals surface area contributed by atoms with Crippen LogP contribution < -0.4 is 5.32 Å². The van der Waals surface area contributed by atoms with Crippen LogP contribution in [0.25, 0.3) is 0 Å². The summed E-state index contributed by atoms with van der Waals surface area (Å²) in [5.41, 5.74) is 0.663. The predicted molar refractivity (Wildman–Crippen MR) is 61.3 cm³/mol. The lowest BCUT2D eigenvalue weighted by Crippen LogP contribution is -2.42. The Morgan fingerprint density at radius 2 is 2.24 bits per heavy atom. The summed E-state index contributed by atoms with van der Waals surface area (Å²) in [5.74, 6) is -1.11. The van der Waals surface area contributed by atoms with E-state index >= 15 is 0 Å². The zero-order valence-electron chi connectivity index (χ0n) is 9.93. The van der Waals surface area contributed by atoms with Gasteiger partial charge in [0.15, 0.2) is 0 Å². The van der Waals surface area contributed by atoms with E-state index in [0.29, 0.717) is 12.1 Å². The van der Waals surface area contributed by atoms with E-state index in [4.69, 9.17) is 5.11 Å². The van der Waals surface area contributed by atoms with Crippen LogP contribution in [-0.4, -0.2) is 33.2 Å². The van der Waals surface area contributed by atoms with Crippen LogP contribution in [0.15, 0.2) is 12.3 Å². The SMILES string of the molecule is CC(C)CC(NC(=O)Cc1ccn[nH]1)C(=O)O. The molecule has 0 aliphatic heterocycles. The number of rotatable bonds is 6. The van der Waals surface area contributed by atoms with Crippen LogP contribution in [0.5, 0.6) is 0 Å². The second kappa shape index (κ2) is 6.03. The molecule has 0 radical (unpaired) electrons. The number of aromatic amines is 1. The fourth-order valence-electron chi connectivity index (χ4n) is 1.49. The summed E-state index contributed by atoms with van der Waals surface area (Å²) >= 11 is 0. The first kappa shape index (κ1) is 13.2. The number of nitrogens with zero attached hydrogens (tertiary/aromatic N) is 1. The highest BCUT2D eigenvalue weighted by atomic mass is 16.4. The number of nitrogens with one attached hydrogen (secondary N) is 2. The third-order valence-corrected chi connectivity index (χ3v) is 2.25. The highest BCUT2D eigenvalue weighted by Gasteiger charge is 2.21. The third kappa shape index (κ3) is 4.67. The van der Waals surface area contributed by atoms with Gasteiger partial charge in [0, 0.05) is 11.9 Å². The van der Waals surface area contributed by atoms with E-state index in [1.165, 1.54) is 0 Å². The van der Waals surface area contributed by atoms with Crippen molar-refractivity contribution in [1.29, 1.82) is 0 Å². The van der Waals surface area contributed by atoms with Gasteiger partial charge in [-0.1, -0.05) is 13.8 Å². The maximum absolute atomic E-state index is 11.6. The smallest absolute Gasteiger partial charge is 0.326 e. The van der Waals surface area contributed by atoms with Crippen molar-refractivity contribution in [3.05, 3.63) is 18.0 Å². The van der Waals surface area contributed by atoms with Gasteiger partial charge in [-0.05, 0) is 18.4 Å². The van der Waals surface area contributed by atoms with Crippen LogP contribution in [0, 0.1) is 5.92 Å². The number of carboxylic acids is 1.